The minimum Gasteiger partial charge on any atom is -0.398 e. The van der Waals surface area contributed by atoms with E-state index in [1.807, 2.05) is 0 Å². The number of hydrogen-bond donors (Lipinski definition) is 2. The third-order valence-electron chi connectivity index (χ3n) is 1.49. The van der Waals surface area contributed by atoms with Gasteiger partial charge in [0.2, 0.25) is 0 Å². The molecule has 1 aromatic rings. The van der Waals surface area contributed by atoms with Gasteiger partial charge < -0.3 is 10.8 Å². The number of anilines is 1. The van der Waals surface area contributed by atoms with Crippen LogP contribution in [-0.2, 0) is 6.42 Å². The summed E-state index contributed by atoms with van der Waals surface area (Å²) in [6, 6.07) is 4.17. The molecule has 0 saturated heterocycles. The second kappa shape index (κ2) is 4.66. The quantitative estimate of drug-likeness (QED) is 0.661. The molecule has 0 unspecified atom stereocenters. The van der Waals surface area contributed by atoms with Gasteiger partial charge in [0.05, 0.1) is 0 Å². The van der Waals surface area contributed by atoms with Gasteiger partial charge in [-0.1, -0.05) is 6.07 Å². The zero-order chi connectivity index (χ0) is 8.27. The first-order valence-electron chi connectivity index (χ1n) is 3.39. The van der Waals surface area contributed by atoms with Crippen molar-refractivity contribution in [1.82, 2.24) is 0 Å². The highest BCUT2D eigenvalue weighted by molar-refractivity contribution is 5.46. The van der Waals surface area contributed by atoms with Crippen molar-refractivity contribution in [3.05, 3.63) is 29.6 Å². The van der Waals surface area contributed by atoms with E-state index in [4.69, 9.17) is 10.8 Å². The van der Waals surface area contributed by atoms with Gasteiger partial charge in [0.25, 0.3) is 0 Å². The Kier molecular flexibility index (Phi) is 4.21. The highest BCUT2D eigenvalue weighted by Crippen LogP contribution is 2.13. The lowest BCUT2D eigenvalue weighted by atomic mass is 10.1. The van der Waals surface area contributed by atoms with E-state index in [1.165, 1.54) is 12.1 Å². The number of nitrogens with two attached hydrogens (primary N) is 1. The van der Waals surface area contributed by atoms with Gasteiger partial charge in [-0.3, -0.25) is 4.70 Å². The Bertz CT molecular complexity index is 253. The smallest absolute Gasteiger partial charge is 0.125 e. The zero-order valence-electron chi connectivity index (χ0n) is 6.46. The minimum absolute atomic E-state index is 0. The number of hydrogen-bond acceptors (Lipinski definition) is 2. The summed E-state index contributed by atoms with van der Waals surface area (Å²) >= 11 is 0. The molecule has 0 fully saturated rings. The highest BCUT2D eigenvalue weighted by atomic mass is 19.1. The Morgan fingerprint density at radius 1 is 1.42 bits per heavy atom. The summed E-state index contributed by atoms with van der Waals surface area (Å²) in [6.07, 6.45) is 0.478. The van der Waals surface area contributed by atoms with E-state index in [1.54, 1.807) is 6.07 Å². The fraction of sp³-hybridized carbons (Fsp3) is 0.250. The Morgan fingerprint density at radius 3 is 2.58 bits per heavy atom. The number of rotatable bonds is 2. The largest absolute Gasteiger partial charge is 0.398 e. The number of aliphatic hydroxyl groups is 1. The molecule has 0 heterocycles. The van der Waals surface area contributed by atoms with Crippen molar-refractivity contribution in [2.45, 2.75) is 6.42 Å². The van der Waals surface area contributed by atoms with Crippen LogP contribution in [0.1, 0.15) is 5.56 Å². The molecule has 2 nitrogen and oxygen atoms in total. The maximum absolute atomic E-state index is 12.4. The normalized spacial score (nSPS) is 9.17. The van der Waals surface area contributed by atoms with Crippen LogP contribution in [0.25, 0.3) is 0 Å². The van der Waals surface area contributed by atoms with Gasteiger partial charge >= 0.3 is 0 Å². The predicted octanol–water partition coefficient (Wildman–Crippen LogP) is 1.10. The molecule has 12 heavy (non-hydrogen) atoms. The molecule has 0 saturated carbocycles. The van der Waals surface area contributed by atoms with Crippen molar-refractivity contribution in [3.63, 3.8) is 0 Å². The van der Waals surface area contributed by atoms with Crippen molar-refractivity contribution in [3.8, 4) is 0 Å². The number of benzene rings is 1. The van der Waals surface area contributed by atoms with Crippen LogP contribution < -0.4 is 5.73 Å². The van der Waals surface area contributed by atoms with E-state index in [2.05, 4.69) is 0 Å². The third-order valence-corrected chi connectivity index (χ3v) is 1.49. The first-order chi connectivity index (χ1) is 5.24. The molecular formula is C8H11F2NO. The maximum Gasteiger partial charge on any atom is 0.125 e. The second-order valence-corrected chi connectivity index (χ2v) is 2.32. The minimum atomic E-state index is -0.343. The molecule has 1 rings (SSSR count). The molecule has 0 aliphatic carbocycles. The van der Waals surface area contributed by atoms with E-state index in [-0.39, 0.29) is 17.1 Å². The molecule has 3 N–H and O–H groups in total. The molecule has 0 aliphatic heterocycles. The van der Waals surface area contributed by atoms with Gasteiger partial charge in [-0.15, -0.1) is 0 Å². The monoisotopic (exact) mass is 175 g/mol. The molecule has 0 aromatic heterocycles. The lowest BCUT2D eigenvalue weighted by Gasteiger charge is -2.02. The van der Waals surface area contributed by atoms with Crippen LogP contribution in [0.5, 0.6) is 0 Å². The fourth-order valence-electron chi connectivity index (χ4n) is 0.914. The van der Waals surface area contributed by atoms with Gasteiger partial charge in [-0.2, -0.15) is 0 Å². The van der Waals surface area contributed by atoms with E-state index in [9.17, 15) is 4.39 Å². The molecule has 0 aliphatic rings. The van der Waals surface area contributed by atoms with Crippen molar-refractivity contribution in [2.75, 3.05) is 12.3 Å². The summed E-state index contributed by atoms with van der Waals surface area (Å²) in [6.45, 7) is 0.0375. The zero-order valence-corrected chi connectivity index (χ0v) is 6.46. The summed E-state index contributed by atoms with van der Waals surface area (Å²) in [5, 5.41) is 8.56. The first kappa shape index (κ1) is 10.8. The molecule has 0 bridgehead atoms. The average molecular weight is 175 g/mol. The molecule has 4 heteroatoms. The topological polar surface area (TPSA) is 46.2 Å². The van der Waals surface area contributed by atoms with E-state index < -0.39 is 0 Å². The van der Waals surface area contributed by atoms with Crippen molar-refractivity contribution in [1.29, 1.82) is 0 Å². The molecule has 0 radical (unpaired) electrons. The lowest BCUT2D eigenvalue weighted by Crippen LogP contribution is -1.97. The Balaban J connectivity index is 0.00000121. The second-order valence-electron chi connectivity index (χ2n) is 2.32. The molecule has 0 atom stereocenters. The summed E-state index contributed by atoms with van der Waals surface area (Å²) in [5.41, 5.74) is 6.64. The number of aliphatic hydroxyl groups excluding tert-OH is 1. The summed E-state index contributed by atoms with van der Waals surface area (Å²) in [4.78, 5) is 0. The van der Waals surface area contributed by atoms with Gasteiger partial charge in [0, 0.05) is 12.3 Å². The fourth-order valence-corrected chi connectivity index (χ4v) is 0.914. The van der Waals surface area contributed by atoms with Gasteiger partial charge in [0.15, 0.2) is 0 Å². The van der Waals surface area contributed by atoms with Gasteiger partial charge in [0.1, 0.15) is 5.82 Å². The Morgan fingerprint density at radius 2 is 2.08 bits per heavy atom. The van der Waals surface area contributed by atoms with E-state index in [0.29, 0.717) is 12.1 Å². The van der Waals surface area contributed by atoms with Crippen molar-refractivity contribution in [2.24, 2.45) is 0 Å². The number of nitrogen functional groups attached to an aromatic ring is 1. The van der Waals surface area contributed by atoms with Crippen LogP contribution in [0.2, 0.25) is 0 Å². The summed E-state index contributed by atoms with van der Waals surface area (Å²) in [7, 11) is 0. The van der Waals surface area contributed by atoms with E-state index >= 15 is 0 Å². The first-order valence-corrected chi connectivity index (χ1v) is 3.39. The average Bonchev–Trinajstić information content (AvgIpc) is 1.95. The van der Waals surface area contributed by atoms with Crippen LogP contribution in [0, 0.1) is 5.82 Å². The van der Waals surface area contributed by atoms with Crippen LogP contribution in [-0.4, -0.2) is 11.7 Å². The molecule has 1 aromatic carbocycles. The van der Waals surface area contributed by atoms with Crippen LogP contribution in [0.4, 0.5) is 14.8 Å². The molecule has 0 spiro atoms. The Hall–Kier alpha value is -1.16. The number of halogens is 2. The van der Waals surface area contributed by atoms with Gasteiger partial charge in [-0.05, 0) is 24.1 Å². The molecule has 0 amide bonds. The lowest BCUT2D eigenvalue weighted by molar-refractivity contribution is 0.300. The van der Waals surface area contributed by atoms with E-state index in [0.717, 1.165) is 5.56 Å². The standard InChI is InChI=1S/C8H10FNO.FH/c9-7-2-1-6(3-4-11)8(10)5-7;/h1-2,5,11H,3-4,10H2;1H. The molecular weight excluding hydrogens is 164 g/mol. The maximum atomic E-state index is 12.4. The Labute approximate surface area is 69.2 Å². The SMILES string of the molecule is F.Nc1cc(F)ccc1CCO. The van der Waals surface area contributed by atoms with Gasteiger partial charge in [-0.25, -0.2) is 4.39 Å². The molecule has 68 valence electrons. The third kappa shape index (κ3) is 2.47. The summed E-state index contributed by atoms with van der Waals surface area (Å²) < 4.78 is 12.4. The van der Waals surface area contributed by atoms with Crippen LogP contribution >= 0.6 is 0 Å². The van der Waals surface area contributed by atoms with Crippen LogP contribution in [0.15, 0.2) is 18.2 Å². The summed E-state index contributed by atoms with van der Waals surface area (Å²) in [5.74, 6) is -0.343. The predicted molar refractivity (Wildman–Crippen MR) is 44.1 cm³/mol. The van der Waals surface area contributed by atoms with Crippen molar-refractivity contribution >= 4 is 5.69 Å². The highest BCUT2D eigenvalue weighted by Gasteiger charge is 1.98. The van der Waals surface area contributed by atoms with Crippen LogP contribution in [0.3, 0.4) is 0 Å². The van der Waals surface area contributed by atoms with Crippen molar-refractivity contribution < 1.29 is 14.2 Å².